The largest absolute Gasteiger partial charge is 0.489 e. The third kappa shape index (κ3) is 3.79. The predicted octanol–water partition coefficient (Wildman–Crippen LogP) is 4.70. The Labute approximate surface area is 194 Å². The number of ether oxygens (including phenoxy) is 1. The van der Waals surface area contributed by atoms with Gasteiger partial charge in [-0.3, -0.25) is 5.10 Å². The van der Waals surface area contributed by atoms with Crippen LogP contribution in [0.1, 0.15) is 6.92 Å². The van der Waals surface area contributed by atoms with Crippen molar-refractivity contribution in [3.8, 4) is 16.9 Å². The summed E-state index contributed by atoms with van der Waals surface area (Å²) in [5.74, 6) is 1.99. The van der Waals surface area contributed by atoms with Gasteiger partial charge in [0.05, 0.1) is 32.8 Å². The molecule has 1 fully saturated rings. The molecule has 2 aromatic carbocycles. The summed E-state index contributed by atoms with van der Waals surface area (Å²) < 4.78 is 7.69. The average molecular weight is 458 g/mol. The Morgan fingerprint density at radius 1 is 1.12 bits per heavy atom. The van der Waals surface area contributed by atoms with Crippen molar-refractivity contribution in [1.29, 1.82) is 0 Å². The summed E-state index contributed by atoms with van der Waals surface area (Å²) in [4.78, 5) is 15.8. The van der Waals surface area contributed by atoms with Crippen molar-refractivity contribution in [2.24, 2.45) is 5.92 Å². The molecule has 4 heterocycles. The number of fused-ring (bicyclic) bond motifs is 2. The van der Waals surface area contributed by atoms with Crippen LogP contribution in [-0.2, 0) is 0 Å². The quantitative estimate of drug-likeness (QED) is 0.382. The summed E-state index contributed by atoms with van der Waals surface area (Å²) in [5.41, 5.74) is 6.60. The van der Waals surface area contributed by atoms with Gasteiger partial charge in [0.15, 0.2) is 0 Å². The maximum absolute atomic E-state index is 6.57. The molecule has 0 radical (unpaired) electrons. The topological polar surface area (TPSA) is 91.8 Å². The first kappa shape index (κ1) is 20.1. The molecule has 1 aliphatic heterocycles. The number of likely N-dealkylation sites (tertiary alicyclic amines) is 1. The molecule has 8 nitrogen and oxygen atoms in total. The Morgan fingerprint density at radius 3 is 2.85 bits per heavy atom. The van der Waals surface area contributed by atoms with E-state index in [4.69, 9.17) is 4.74 Å². The molecule has 0 aliphatic carbocycles. The summed E-state index contributed by atoms with van der Waals surface area (Å²) in [5, 5.41) is 11.3. The van der Waals surface area contributed by atoms with Gasteiger partial charge in [-0.2, -0.15) is 5.10 Å². The maximum atomic E-state index is 6.57. The molecular weight excluding hydrogens is 434 g/mol. The van der Waals surface area contributed by atoms with Crippen LogP contribution in [0.2, 0.25) is 0 Å². The van der Waals surface area contributed by atoms with E-state index in [0.717, 1.165) is 62.6 Å². The fourth-order valence-electron chi connectivity index (χ4n) is 4.33. The van der Waals surface area contributed by atoms with Crippen LogP contribution in [0.15, 0.2) is 54.6 Å². The van der Waals surface area contributed by atoms with Gasteiger partial charge in [-0.15, -0.1) is 11.3 Å². The zero-order valence-corrected chi connectivity index (χ0v) is 19.1. The van der Waals surface area contributed by atoms with Crippen molar-refractivity contribution in [3.05, 3.63) is 54.6 Å². The van der Waals surface area contributed by atoms with Gasteiger partial charge >= 0.3 is 0 Å². The summed E-state index contributed by atoms with van der Waals surface area (Å²) in [6.45, 7) is 4.22. The van der Waals surface area contributed by atoms with Gasteiger partial charge in [0.1, 0.15) is 24.0 Å². The molecule has 1 atom stereocenters. The minimum atomic E-state index is 0.0746. The lowest BCUT2D eigenvalue weighted by atomic mass is 9.95. The van der Waals surface area contributed by atoms with E-state index in [-0.39, 0.29) is 6.10 Å². The van der Waals surface area contributed by atoms with Crippen LogP contribution in [0.4, 0.5) is 11.5 Å². The predicted molar refractivity (Wildman–Crippen MR) is 131 cm³/mol. The molecule has 0 bridgehead atoms. The van der Waals surface area contributed by atoms with Crippen molar-refractivity contribution in [1.82, 2.24) is 30.0 Å². The Hall–Kier alpha value is -3.56. The third-order valence-corrected chi connectivity index (χ3v) is 6.99. The van der Waals surface area contributed by atoms with Gasteiger partial charge in [-0.1, -0.05) is 0 Å². The number of anilines is 2. The van der Waals surface area contributed by atoms with Crippen LogP contribution >= 0.6 is 11.3 Å². The maximum Gasteiger partial charge on any atom is 0.145 e. The molecule has 0 saturated carbocycles. The van der Waals surface area contributed by atoms with E-state index in [1.165, 1.54) is 0 Å². The van der Waals surface area contributed by atoms with Gasteiger partial charge < -0.3 is 15.0 Å². The van der Waals surface area contributed by atoms with Gasteiger partial charge in [0, 0.05) is 36.5 Å². The lowest BCUT2D eigenvalue weighted by molar-refractivity contribution is 0.0358. The number of H-pyrrole nitrogens is 1. The second kappa shape index (κ2) is 8.09. The minimum absolute atomic E-state index is 0.0746. The van der Waals surface area contributed by atoms with Crippen LogP contribution in [0.3, 0.4) is 0 Å². The normalized spacial score (nSPS) is 15.6. The minimum Gasteiger partial charge on any atom is -0.489 e. The monoisotopic (exact) mass is 457 g/mol. The fraction of sp³-hybridized carbons (Fsp3) is 0.250. The van der Waals surface area contributed by atoms with Crippen LogP contribution in [0.5, 0.6) is 5.75 Å². The highest BCUT2D eigenvalue weighted by Crippen LogP contribution is 2.38. The molecule has 2 N–H and O–H groups in total. The van der Waals surface area contributed by atoms with Gasteiger partial charge in [0.25, 0.3) is 0 Å². The Kier molecular flexibility index (Phi) is 4.92. The van der Waals surface area contributed by atoms with E-state index in [1.807, 2.05) is 29.9 Å². The Balaban J connectivity index is 1.43. The number of hydrogen-bond acceptors (Lipinski definition) is 8. The molecule has 6 rings (SSSR count). The van der Waals surface area contributed by atoms with Crippen LogP contribution < -0.4 is 10.1 Å². The van der Waals surface area contributed by atoms with Gasteiger partial charge in [0.2, 0.25) is 0 Å². The van der Waals surface area contributed by atoms with E-state index in [9.17, 15) is 0 Å². The number of nitrogens with one attached hydrogen (secondary N) is 2. The SMILES string of the molecule is C[C@@H](Oc1cc(-c2cn[nH]c2)cc2ncnc(Nc3ccc4ncsc4c3)c12)C1CN(C)C1. The highest BCUT2D eigenvalue weighted by Gasteiger charge is 2.30. The van der Waals surface area contributed by atoms with Crippen LogP contribution in [0.25, 0.3) is 32.2 Å². The Morgan fingerprint density at radius 2 is 2.03 bits per heavy atom. The Bertz CT molecular complexity index is 1430. The van der Waals surface area contributed by atoms with Crippen molar-refractivity contribution >= 4 is 44.0 Å². The second-order valence-corrected chi connectivity index (χ2v) is 9.43. The van der Waals surface area contributed by atoms with Crippen molar-refractivity contribution < 1.29 is 4.74 Å². The number of hydrogen-bond donors (Lipinski definition) is 2. The molecule has 33 heavy (non-hydrogen) atoms. The molecule has 1 aliphatic rings. The van der Waals surface area contributed by atoms with Crippen molar-refractivity contribution in [2.75, 3.05) is 25.5 Å². The van der Waals surface area contributed by atoms with Gasteiger partial charge in [-0.05, 0) is 49.9 Å². The standard InChI is InChI=1S/C24H23N7OS/c1-14(17-10-31(2)11-17)32-21-6-15(16-8-28-29-9-16)5-20-23(21)24(26-12-25-20)30-18-3-4-19-22(7-18)33-13-27-19/h3-9,12-14,17H,10-11H2,1-2H3,(H,28,29)(H,25,26,30)/t14-/m1/s1. The second-order valence-electron chi connectivity index (χ2n) is 8.54. The smallest absolute Gasteiger partial charge is 0.145 e. The van der Waals surface area contributed by atoms with Crippen molar-refractivity contribution in [3.63, 3.8) is 0 Å². The molecule has 0 amide bonds. The van der Waals surface area contributed by atoms with E-state index in [1.54, 1.807) is 23.9 Å². The fourth-order valence-corrected chi connectivity index (χ4v) is 5.04. The number of benzene rings is 2. The first-order valence-corrected chi connectivity index (χ1v) is 11.8. The highest BCUT2D eigenvalue weighted by molar-refractivity contribution is 7.16. The molecule has 9 heteroatoms. The molecule has 1 saturated heterocycles. The lowest BCUT2D eigenvalue weighted by Crippen LogP contribution is -2.50. The van der Waals surface area contributed by atoms with Gasteiger partial charge in [-0.25, -0.2) is 15.0 Å². The molecule has 0 unspecified atom stereocenters. The van der Waals surface area contributed by atoms with E-state index >= 15 is 0 Å². The number of thiazole rings is 1. The van der Waals surface area contributed by atoms with Crippen LogP contribution in [0, 0.1) is 5.92 Å². The summed E-state index contributed by atoms with van der Waals surface area (Å²) in [6.07, 6.45) is 5.34. The number of aromatic amines is 1. The lowest BCUT2D eigenvalue weighted by Gasteiger charge is -2.39. The molecule has 0 spiro atoms. The molecular formula is C24H23N7OS. The first-order valence-electron chi connectivity index (χ1n) is 10.9. The summed E-state index contributed by atoms with van der Waals surface area (Å²) >= 11 is 1.62. The summed E-state index contributed by atoms with van der Waals surface area (Å²) in [7, 11) is 2.13. The van der Waals surface area contributed by atoms with E-state index in [0.29, 0.717) is 5.92 Å². The molecule has 166 valence electrons. The molecule has 3 aromatic heterocycles. The number of nitrogens with zero attached hydrogens (tertiary/aromatic N) is 5. The van der Waals surface area contributed by atoms with Crippen molar-refractivity contribution in [2.45, 2.75) is 13.0 Å². The van der Waals surface area contributed by atoms with E-state index < -0.39 is 0 Å². The average Bonchev–Trinajstić information content (AvgIpc) is 3.48. The van der Waals surface area contributed by atoms with E-state index in [2.05, 4.69) is 61.5 Å². The molecule has 5 aromatic rings. The zero-order valence-electron chi connectivity index (χ0n) is 18.3. The number of rotatable bonds is 6. The third-order valence-electron chi connectivity index (χ3n) is 6.20. The number of aromatic nitrogens is 5. The zero-order chi connectivity index (χ0) is 22.4. The first-order chi connectivity index (χ1) is 16.1. The van der Waals surface area contributed by atoms with Crippen LogP contribution in [-0.4, -0.2) is 56.3 Å². The summed E-state index contributed by atoms with van der Waals surface area (Å²) in [6, 6.07) is 10.2. The highest BCUT2D eigenvalue weighted by atomic mass is 32.1.